The van der Waals surface area contributed by atoms with Gasteiger partial charge in [0.15, 0.2) is 11.5 Å². The zero-order chi connectivity index (χ0) is 15.6. The number of phenolic OH excluding ortho intramolecular Hbond substituents is 2. The second-order valence-corrected chi connectivity index (χ2v) is 6.99. The van der Waals surface area contributed by atoms with Gasteiger partial charge in [-0.25, -0.2) is 0 Å². The van der Waals surface area contributed by atoms with Crippen molar-refractivity contribution in [3.63, 3.8) is 0 Å². The Bertz CT molecular complexity index is 567. The zero-order valence-electron chi connectivity index (χ0n) is 13.3. The molecule has 1 fully saturated rings. The van der Waals surface area contributed by atoms with Crippen molar-refractivity contribution in [2.75, 3.05) is 6.54 Å². The molecule has 3 heteroatoms. The van der Waals surface area contributed by atoms with Crippen LogP contribution in [0.1, 0.15) is 62.5 Å². The van der Waals surface area contributed by atoms with E-state index in [0.29, 0.717) is 6.54 Å². The number of nitrogens with two attached hydrogens (primary N) is 1. The van der Waals surface area contributed by atoms with Gasteiger partial charge >= 0.3 is 0 Å². The van der Waals surface area contributed by atoms with Crippen LogP contribution in [0, 0.1) is 5.41 Å². The summed E-state index contributed by atoms with van der Waals surface area (Å²) in [5.41, 5.74) is 9.12. The summed E-state index contributed by atoms with van der Waals surface area (Å²) in [6.07, 6.45) is 13.3. The summed E-state index contributed by atoms with van der Waals surface area (Å²) < 4.78 is 0. The lowest BCUT2D eigenvalue weighted by molar-refractivity contribution is 0.296. The second kappa shape index (κ2) is 6.33. The quantitative estimate of drug-likeness (QED) is 0.684. The summed E-state index contributed by atoms with van der Waals surface area (Å²) >= 11 is 0. The van der Waals surface area contributed by atoms with Gasteiger partial charge in [0.25, 0.3) is 0 Å². The summed E-state index contributed by atoms with van der Waals surface area (Å²) in [5, 5.41) is 20.2. The van der Waals surface area contributed by atoms with Crippen LogP contribution >= 0.6 is 0 Å². The summed E-state index contributed by atoms with van der Waals surface area (Å²) in [5.74, 6) is 0.0334. The number of phenols is 2. The summed E-state index contributed by atoms with van der Waals surface area (Å²) in [4.78, 5) is 0. The molecule has 0 unspecified atom stereocenters. The number of hydrogen-bond donors (Lipinski definition) is 3. The standard InChI is InChI=1S/C19H27NO2/c20-13-14-11-19(9-5-3-1-2-4-6-10-19)12-16-15(14)7-8-17(21)18(16)22/h7-8,11,21-22H,1-6,9-10,12-13,20H2. The second-order valence-electron chi connectivity index (χ2n) is 6.99. The van der Waals surface area contributed by atoms with Gasteiger partial charge in [-0.1, -0.05) is 50.7 Å². The van der Waals surface area contributed by atoms with Gasteiger partial charge in [0.1, 0.15) is 0 Å². The third kappa shape index (κ3) is 2.87. The number of allylic oxidation sites excluding steroid dienone is 1. The van der Waals surface area contributed by atoms with E-state index in [4.69, 9.17) is 5.73 Å². The van der Waals surface area contributed by atoms with E-state index in [9.17, 15) is 10.2 Å². The van der Waals surface area contributed by atoms with E-state index < -0.39 is 0 Å². The molecule has 0 saturated heterocycles. The molecule has 1 aromatic carbocycles. The van der Waals surface area contributed by atoms with Crippen LogP contribution in [-0.2, 0) is 6.42 Å². The summed E-state index contributed by atoms with van der Waals surface area (Å²) in [7, 11) is 0. The number of fused-ring (bicyclic) bond motifs is 1. The van der Waals surface area contributed by atoms with E-state index in [2.05, 4.69) is 6.08 Å². The lowest BCUT2D eigenvalue weighted by Gasteiger charge is -2.37. The van der Waals surface area contributed by atoms with Gasteiger partial charge in [0, 0.05) is 12.1 Å². The molecule has 120 valence electrons. The molecule has 1 aromatic rings. The molecule has 0 aromatic heterocycles. The third-order valence-corrected chi connectivity index (χ3v) is 5.44. The van der Waals surface area contributed by atoms with Crippen LogP contribution < -0.4 is 5.73 Å². The van der Waals surface area contributed by atoms with Crippen molar-refractivity contribution in [2.24, 2.45) is 11.1 Å². The third-order valence-electron chi connectivity index (χ3n) is 5.44. The zero-order valence-corrected chi connectivity index (χ0v) is 13.3. The Morgan fingerprint density at radius 2 is 1.59 bits per heavy atom. The number of hydrogen-bond acceptors (Lipinski definition) is 3. The Hall–Kier alpha value is -1.48. The normalized spacial score (nSPS) is 21.4. The SMILES string of the molecule is NCC1=CC2(CCCCCCCC2)Cc2c1ccc(O)c2O. The van der Waals surface area contributed by atoms with Gasteiger partial charge in [0.2, 0.25) is 0 Å². The Morgan fingerprint density at radius 1 is 0.955 bits per heavy atom. The van der Waals surface area contributed by atoms with Crippen LogP contribution in [0.5, 0.6) is 11.5 Å². The smallest absolute Gasteiger partial charge is 0.161 e. The van der Waals surface area contributed by atoms with Crippen LogP contribution in [0.2, 0.25) is 0 Å². The first kappa shape index (κ1) is 15.4. The topological polar surface area (TPSA) is 66.5 Å². The number of rotatable bonds is 1. The number of aromatic hydroxyl groups is 2. The lowest BCUT2D eigenvalue weighted by atomic mass is 9.68. The molecule has 3 nitrogen and oxygen atoms in total. The van der Waals surface area contributed by atoms with Crippen molar-refractivity contribution in [3.05, 3.63) is 29.3 Å². The van der Waals surface area contributed by atoms with E-state index in [1.807, 2.05) is 6.07 Å². The predicted octanol–water partition coefficient (Wildman–Crippen LogP) is 4.12. The maximum Gasteiger partial charge on any atom is 0.161 e. The van der Waals surface area contributed by atoms with Gasteiger partial charge < -0.3 is 15.9 Å². The average Bonchev–Trinajstić information content (AvgIpc) is 2.63. The fourth-order valence-electron chi connectivity index (χ4n) is 4.23. The molecule has 0 atom stereocenters. The van der Waals surface area contributed by atoms with E-state index in [1.165, 1.54) is 38.5 Å². The minimum absolute atomic E-state index is 0.0183. The van der Waals surface area contributed by atoms with E-state index in [0.717, 1.165) is 36.0 Å². The Balaban J connectivity index is 2.01. The molecular weight excluding hydrogens is 274 g/mol. The lowest BCUT2D eigenvalue weighted by Crippen LogP contribution is -2.27. The van der Waals surface area contributed by atoms with Crippen LogP contribution in [0.25, 0.3) is 5.57 Å². The van der Waals surface area contributed by atoms with Crippen LogP contribution in [-0.4, -0.2) is 16.8 Å². The Kier molecular flexibility index (Phi) is 4.44. The summed E-state index contributed by atoms with van der Waals surface area (Å²) in [6, 6.07) is 3.46. The highest BCUT2D eigenvalue weighted by Gasteiger charge is 2.34. The van der Waals surface area contributed by atoms with Crippen molar-refractivity contribution in [2.45, 2.75) is 57.8 Å². The molecule has 2 aliphatic rings. The molecule has 4 N–H and O–H groups in total. The molecule has 0 bridgehead atoms. The highest BCUT2D eigenvalue weighted by molar-refractivity contribution is 5.75. The van der Waals surface area contributed by atoms with Crippen LogP contribution in [0.4, 0.5) is 0 Å². The fourth-order valence-corrected chi connectivity index (χ4v) is 4.23. The molecule has 2 aliphatic carbocycles. The molecule has 0 amide bonds. The Labute approximate surface area is 132 Å². The molecule has 0 heterocycles. The fraction of sp³-hybridized carbons (Fsp3) is 0.579. The average molecular weight is 301 g/mol. The van der Waals surface area contributed by atoms with E-state index in [1.54, 1.807) is 6.07 Å². The maximum absolute atomic E-state index is 10.3. The molecule has 1 saturated carbocycles. The largest absolute Gasteiger partial charge is 0.504 e. The summed E-state index contributed by atoms with van der Waals surface area (Å²) in [6.45, 7) is 0.485. The molecular formula is C19H27NO2. The highest BCUT2D eigenvalue weighted by Crippen LogP contribution is 2.48. The molecule has 1 spiro atoms. The highest BCUT2D eigenvalue weighted by atomic mass is 16.3. The van der Waals surface area contributed by atoms with Crippen LogP contribution in [0.3, 0.4) is 0 Å². The molecule has 3 rings (SSSR count). The monoisotopic (exact) mass is 301 g/mol. The van der Waals surface area contributed by atoms with Gasteiger partial charge in [-0.3, -0.25) is 0 Å². The van der Waals surface area contributed by atoms with Crippen molar-refractivity contribution in [1.82, 2.24) is 0 Å². The molecule has 0 aliphatic heterocycles. The first-order valence-electron chi connectivity index (χ1n) is 8.61. The predicted molar refractivity (Wildman–Crippen MR) is 89.9 cm³/mol. The minimum Gasteiger partial charge on any atom is -0.504 e. The van der Waals surface area contributed by atoms with Gasteiger partial charge in [-0.2, -0.15) is 0 Å². The first-order valence-corrected chi connectivity index (χ1v) is 8.61. The van der Waals surface area contributed by atoms with Gasteiger partial charge in [-0.15, -0.1) is 0 Å². The molecule has 0 radical (unpaired) electrons. The van der Waals surface area contributed by atoms with Gasteiger partial charge in [0.05, 0.1) is 0 Å². The van der Waals surface area contributed by atoms with E-state index in [-0.39, 0.29) is 16.9 Å². The Morgan fingerprint density at radius 3 is 2.23 bits per heavy atom. The van der Waals surface area contributed by atoms with Crippen molar-refractivity contribution >= 4 is 5.57 Å². The molecule has 22 heavy (non-hydrogen) atoms. The first-order chi connectivity index (χ1) is 10.7. The van der Waals surface area contributed by atoms with Crippen molar-refractivity contribution in [1.29, 1.82) is 0 Å². The van der Waals surface area contributed by atoms with Crippen LogP contribution in [0.15, 0.2) is 18.2 Å². The van der Waals surface area contributed by atoms with Crippen molar-refractivity contribution < 1.29 is 10.2 Å². The van der Waals surface area contributed by atoms with Crippen molar-refractivity contribution in [3.8, 4) is 11.5 Å². The van der Waals surface area contributed by atoms with E-state index >= 15 is 0 Å². The van der Waals surface area contributed by atoms with Gasteiger partial charge in [-0.05, 0) is 41.9 Å². The number of benzene rings is 1. The maximum atomic E-state index is 10.3. The minimum atomic E-state index is -0.0183.